The lowest BCUT2D eigenvalue weighted by atomic mass is 10.2. The molecule has 0 aliphatic rings. The molecule has 5 heteroatoms. The first-order chi connectivity index (χ1) is 7.18. The zero-order chi connectivity index (χ0) is 10.8. The van der Waals surface area contributed by atoms with Crippen molar-refractivity contribution in [3.05, 3.63) is 36.7 Å². The molecule has 0 aliphatic carbocycles. The monoisotopic (exact) mass is 203 g/mol. The number of nitrogens with zero attached hydrogens (tertiary/aromatic N) is 2. The van der Waals surface area contributed by atoms with Crippen LogP contribution >= 0.6 is 0 Å². The summed E-state index contributed by atoms with van der Waals surface area (Å²) >= 11 is 0. The average molecular weight is 203 g/mol. The van der Waals surface area contributed by atoms with Crippen LogP contribution in [0.25, 0.3) is 11.4 Å². The van der Waals surface area contributed by atoms with Crippen LogP contribution in [0.2, 0.25) is 0 Å². The number of aromatic nitrogens is 2. The summed E-state index contributed by atoms with van der Waals surface area (Å²) in [4.78, 5) is 14.9. The number of hydrogen-bond donors (Lipinski definition) is 2. The SMILES string of the molecule is Nc1ccnc(-c2cccn2C(=O)O)c1. The Labute approximate surface area is 85.8 Å². The van der Waals surface area contributed by atoms with Gasteiger partial charge < -0.3 is 10.8 Å². The van der Waals surface area contributed by atoms with E-state index in [4.69, 9.17) is 10.8 Å². The molecule has 2 aromatic heterocycles. The number of carbonyl (C=O) groups is 1. The molecular formula is C10H9N3O2. The van der Waals surface area contributed by atoms with Gasteiger partial charge in [0.05, 0.1) is 11.4 Å². The minimum absolute atomic E-state index is 0.509. The molecule has 0 unspecified atom stereocenters. The van der Waals surface area contributed by atoms with Gasteiger partial charge in [0, 0.05) is 18.1 Å². The van der Waals surface area contributed by atoms with E-state index in [1.54, 1.807) is 30.5 Å². The van der Waals surface area contributed by atoms with Crippen molar-refractivity contribution in [1.29, 1.82) is 0 Å². The molecule has 3 N–H and O–H groups in total. The van der Waals surface area contributed by atoms with E-state index in [9.17, 15) is 4.79 Å². The molecular weight excluding hydrogens is 194 g/mol. The van der Waals surface area contributed by atoms with E-state index in [1.807, 2.05) is 0 Å². The third-order valence-corrected chi connectivity index (χ3v) is 2.00. The van der Waals surface area contributed by atoms with E-state index in [0.717, 1.165) is 4.57 Å². The number of hydrogen-bond acceptors (Lipinski definition) is 3. The maximum Gasteiger partial charge on any atom is 0.416 e. The van der Waals surface area contributed by atoms with Gasteiger partial charge in [0.25, 0.3) is 0 Å². The van der Waals surface area contributed by atoms with Crippen LogP contribution in [0.1, 0.15) is 0 Å². The fourth-order valence-electron chi connectivity index (χ4n) is 1.34. The lowest BCUT2D eigenvalue weighted by molar-refractivity contribution is 0.197. The lowest BCUT2D eigenvalue weighted by Crippen LogP contribution is -2.08. The second kappa shape index (κ2) is 3.45. The Hall–Kier alpha value is -2.30. The van der Waals surface area contributed by atoms with Gasteiger partial charge in [0.2, 0.25) is 0 Å². The van der Waals surface area contributed by atoms with Gasteiger partial charge in [-0.1, -0.05) is 0 Å². The Morgan fingerprint density at radius 3 is 2.93 bits per heavy atom. The molecule has 15 heavy (non-hydrogen) atoms. The maximum absolute atomic E-state index is 10.8. The van der Waals surface area contributed by atoms with Gasteiger partial charge in [-0.25, -0.2) is 4.79 Å². The third kappa shape index (κ3) is 1.67. The second-order valence-corrected chi connectivity index (χ2v) is 3.02. The van der Waals surface area contributed by atoms with Gasteiger partial charge in [0.1, 0.15) is 0 Å². The van der Waals surface area contributed by atoms with Crippen LogP contribution in [-0.2, 0) is 0 Å². The number of nitrogens with two attached hydrogens (primary N) is 1. The van der Waals surface area contributed by atoms with Crippen LogP contribution in [-0.4, -0.2) is 20.8 Å². The van der Waals surface area contributed by atoms with E-state index < -0.39 is 6.09 Å². The number of nitrogen functional groups attached to an aromatic ring is 1. The lowest BCUT2D eigenvalue weighted by Gasteiger charge is -2.03. The highest BCUT2D eigenvalue weighted by molar-refractivity contribution is 5.76. The molecule has 0 aliphatic heterocycles. The van der Waals surface area contributed by atoms with Crippen molar-refractivity contribution < 1.29 is 9.90 Å². The minimum atomic E-state index is -1.04. The van der Waals surface area contributed by atoms with Gasteiger partial charge >= 0.3 is 6.09 Å². The van der Waals surface area contributed by atoms with E-state index in [1.165, 1.54) is 6.20 Å². The van der Waals surface area contributed by atoms with Gasteiger partial charge in [-0.3, -0.25) is 9.55 Å². The molecule has 0 saturated carbocycles. The molecule has 0 bridgehead atoms. The maximum atomic E-state index is 10.8. The number of pyridine rings is 1. The Balaban J connectivity index is 2.54. The summed E-state index contributed by atoms with van der Waals surface area (Å²) in [5.41, 5.74) is 7.20. The summed E-state index contributed by atoms with van der Waals surface area (Å²) in [5, 5.41) is 8.89. The topological polar surface area (TPSA) is 81.1 Å². The highest BCUT2D eigenvalue weighted by Crippen LogP contribution is 2.19. The number of carboxylic acid groups (broad SMARTS) is 1. The van der Waals surface area contributed by atoms with Crippen molar-refractivity contribution in [1.82, 2.24) is 9.55 Å². The van der Waals surface area contributed by atoms with Crippen LogP contribution < -0.4 is 5.73 Å². The predicted molar refractivity (Wildman–Crippen MR) is 55.5 cm³/mol. The average Bonchev–Trinajstić information content (AvgIpc) is 2.65. The van der Waals surface area contributed by atoms with Crippen LogP contribution in [0.4, 0.5) is 10.5 Å². The van der Waals surface area contributed by atoms with Crippen molar-refractivity contribution in [3.63, 3.8) is 0 Å². The summed E-state index contributed by atoms with van der Waals surface area (Å²) in [7, 11) is 0. The zero-order valence-corrected chi connectivity index (χ0v) is 7.79. The minimum Gasteiger partial charge on any atom is -0.464 e. The molecule has 0 atom stereocenters. The molecule has 0 aromatic carbocycles. The van der Waals surface area contributed by atoms with Crippen molar-refractivity contribution in [2.24, 2.45) is 0 Å². The quantitative estimate of drug-likeness (QED) is 0.738. The summed E-state index contributed by atoms with van der Waals surface area (Å²) < 4.78 is 1.10. The summed E-state index contributed by atoms with van der Waals surface area (Å²) in [6, 6.07) is 6.61. The molecule has 0 saturated heterocycles. The number of rotatable bonds is 1. The predicted octanol–water partition coefficient (Wildman–Crippen LogP) is 1.66. The molecule has 0 fully saturated rings. The van der Waals surface area contributed by atoms with E-state index in [2.05, 4.69) is 4.98 Å². The molecule has 2 rings (SSSR count). The van der Waals surface area contributed by atoms with Crippen LogP contribution in [0, 0.1) is 0 Å². The molecule has 0 spiro atoms. The van der Waals surface area contributed by atoms with E-state index in [-0.39, 0.29) is 0 Å². The third-order valence-electron chi connectivity index (χ3n) is 2.00. The summed E-state index contributed by atoms with van der Waals surface area (Å²) in [6.07, 6.45) is 1.96. The molecule has 0 radical (unpaired) electrons. The Morgan fingerprint density at radius 1 is 1.47 bits per heavy atom. The van der Waals surface area contributed by atoms with Gasteiger partial charge in [-0.05, 0) is 24.3 Å². The van der Waals surface area contributed by atoms with Gasteiger partial charge in [-0.2, -0.15) is 0 Å². The fraction of sp³-hybridized carbons (Fsp3) is 0. The fourth-order valence-corrected chi connectivity index (χ4v) is 1.34. The van der Waals surface area contributed by atoms with Gasteiger partial charge in [-0.15, -0.1) is 0 Å². The van der Waals surface area contributed by atoms with Crippen molar-refractivity contribution in [2.75, 3.05) is 5.73 Å². The number of anilines is 1. The second-order valence-electron chi connectivity index (χ2n) is 3.02. The van der Waals surface area contributed by atoms with E-state index >= 15 is 0 Å². The largest absolute Gasteiger partial charge is 0.464 e. The normalized spacial score (nSPS) is 10.1. The van der Waals surface area contributed by atoms with Crippen molar-refractivity contribution >= 4 is 11.8 Å². The van der Waals surface area contributed by atoms with Crippen LogP contribution in [0.3, 0.4) is 0 Å². The standard InChI is InChI=1S/C10H9N3O2/c11-7-3-4-12-8(6-7)9-2-1-5-13(9)10(14)15/h1-6H,(H2,11,12)(H,14,15). The van der Waals surface area contributed by atoms with Crippen molar-refractivity contribution in [2.45, 2.75) is 0 Å². The first kappa shape index (κ1) is 9.26. The molecule has 0 amide bonds. The summed E-state index contributed by atoms with van der Waals surface area (Å²) in [5.74, 6) is 0. The zero-order valence-electron chi connectivity index (χ0n) is 7.79. The molecule has 2 heterocycles. The molecule has 5 nitrogen and oxygen atoms in total. The Morgan fingerprint density at radius 2 is 2.27 bits per heavy atom. The first-order valence-corrected chi connectivity index (χ1v) is 4.31. The van der Waals surface area contributed by atoms with Gasteiger partial charge in [0.15, 0.2) is 0 Å². The highest BCUT2D eigenvalue weighted by atomic mass is 16.4. The summed E-state index contributed by atoms with van der Waals surface area (Å²) in [6.45, 7) is 0. The van der Waals surface area contributed by atoms with E-state index in [0.29, 0.717) is 17.1 Å². The highest BCUT2D eigenvalue weighted by Gasteiger charge is 2.09. The smallest absolute Gasteiger partial charge is 0.416 e. The van der Waals surface area contributed by atoms with Crippen LogP contribution in [0.5, 0.6) is 0 Å². The van der Waals surface area contributed by atoms with Crippen molar-refractivity contribution in [3.8, 4) is 11.4 Å². The molecule has 2 aromatic rings. The Kier molecular flexibility index (Phi) is 2.13. The van der Waals surface area contributed by atoms with Crippen LogP contribution in [0.15, 0.2) is 36.7 Å². The molecule has 76 valence electrons. The first-order valence-electron chi connectivity index (χ1n) is 4.31. The Bertz CT molecular complexity index is 505.